The zero-order valence-electron chi connectivity index (χ0n) is 11.5. The summed E-state index contributed by atoms with van der Waals surface area (Å²) in [4.78, 5) is 2.41. The molecule has 0 aromatic rings. The van der Waals surface area contributed by atoms with Gasteiger partial charge in [0.1, 0.15) is 0 Å². The van der Waals surface area contributed by atoms with Crippen molar-refractivity contribution in [1.29, 1.82) is 0 Å². The van der Waals surface area contributed by atoms with Crippen LogP contribution in [0.3, 0.4) is 0 Å². The monoisotopic (exact) mass is 243 g/mol. The summed E-state index contributed by atoms with van der Waals surface area (Å²) in [7, 11) is 0. The fraction of sp³-hybridized carbons (Fsp3) is 1.00. The van der Waals surface area contributed by atoms with Crippen molar-refractivity contribution in [2.24, 2.45) is 5.92 Å². The van der Waals surface area contributed by atoms with E-state index < -0.39 is 0 Å². The first-order chi connectivity index (χ1) is 8.24. The van der Waals surface area contributed by atoms with Gasteiger partial charge in [0.05, 0.1) is 13.2 Å². The first kappa shape index (κ1) is 14.9. The number of hydrogen-bond acceptors (Lipinski definition) is 3. The molecule has 0 aromatic heterocycles. The minimum absolute atomic E-state index is 0.298. The molecule has 1 unspecified atom stereocenters. The van der Waals surface area contributed by atoms with Gasteiger partial charge < -0.3 is 9.84 Å². The van der Waals surface area contributed by atoms with Crippen molar-refractivity contribution in [2.75, 3.05) is 32.9 Å². The van der Waals surface area contributed by atoms with Crippen LogP contribution in [0.2, 0.25) is 0 Å². The third-order valence-corrected chi connectivity index (χ3v) is 3.57. The topological polar surface area (TPSA) is 32.7 Å². The van der Waals surface area contributed by atoms with E-state index >= 15 is 0 Å². The maximum Gasteiger partial charge on any atom is 0.0593 e. The quantitative estimate of drug-likeness (QED) is 0.696. The van der Waals surface area contributed by atoms with Gasteiger partial charge in [-0.15, -0.1) is 0 Å². The van der Waals surface area contributed by atoms with Crippen molar-refractivity contribution >= 4 is 0 Å². The normalized spacial score (nSPS) is 22.9. The summed E-state index contributed by atoms with van der Waals surface area (Å²) in [6, 6.07) is 0.367. The summed E-state index contributed by atoms with van der Waals surface area (Å²) in [6.07, 6.45) is 6.12. The second kappa shape index (κ2) is 8.90. The van der Waals surface area contributed by atoms with Crippen LogP contribution in [0.15, 0.2) is 0 Å². The van der Waals surface area contributed by atoms with Crippen molar-refractivity contribution in [1.82, 2.24) is 4.90 Å². The van der Waals surface area contributed by atoms with Crippen molar-refractivity contribution in [3.63, 3.8) is 0 Å². The smallest absolute Gasteiger partial charge is 0.0593 e. The average molecular weight is 243 g/mol. The summed E-state index contributed by atoms with van der Waals surface area (Å²) in [5.74, 6) is 0.721. The summed E-state index contributed by atoms with van der Waals surface area (Å²) in [5.41, 5.74) is 0. The number of hydrogen-bond donors (Lipinski definition) is 1. The van der Waals surface area contributed by atoms with E-state index in [4.69, 9.17) is 4.74 Å². The molecule has 0 radical (unpaired) electrons. The highest BCUT2D eigenvalue weighted by Crippen LogP contribution is 2.15. The molecule has 3 heteroatoms. The Morgan fingerprint density at radius 3 is 2.76 bits per heavy atom. The van der Waals surface area contributed by atoms with Crippen molar-refractivity contribution in [3.05, 3.63) is 0 Å². The van der Waals surface area contributed by atoms with Gasteiger partial charge in [-0.2, -0.15) is 0 Å². The fourth-order valence-corrected chi connectivity index (χ4v) is 2.34. The van der Waals surface area contributed by atoms with Gasteiger partial charge in [-0.05, 0) is 31.7 Å². The van der Waals surface area contributed by atoms with Crippen LogP contribution in [0.25, 0.3) is 0 Å². The molecule has 0 aliphatic carbocycles. The van der Waals surface area contributed by atoms with Gasteiger partial charge in [0, 0.05) is 19.2 Å². The SMILES string of the molecule is CC(C)CCOCCN1CCCCCC1CO. The number of nitrogens with zero attached hydrogens (tertiary/aromatic N) is 1. The van der Waals surface area contributed by atoms with Gasteiger partial charge in [-0.25, -0.2) is 0 Å². The van der Waals surface area contributed by atoms with E-state index in [9.17, 15) is 5.11 Å². The second-order valence-corrected chi connectivity index (χ2v) is 5.52. The molecule has 1 fully saturated rings. The molecule has 0 saturated carbocycles. The van der Waals surface area contributed by atoms with Crippen LogP contribution in [0.1, 0.15) is 46.0 Å². The number of ether oxygens (including phenoxy) is 1. The highest BCUT2D eigenvalue weighted by atomic mass is 16.5. The molecule has 1 rings (SSSR count). The Balaban J connectivity index is 2.14. The fourth-order valence-electron chi connectivity index (χ4n) is 2.34. The maximum atomic E-state index is 9.38. The van der Waals surface area contributed by atoms with Crippen LogP contribution in [0.4, 0.5) is 0 Å². The lowest BCUT2D eigenvalue weighted by atomic mass is 10.1. The third kappa shape index (κ3) is 6.39. The molecule has 0 amide bonds. The van der Waals surface area contributed by atoms with Crippen molar-refractivity contribution < 1.29 is 9.84 Å². The lowest BCUT2D eigenvalue weighted by Crippen LogP contribution is -2.39. The minimum Gasteiger partial charge on any atom is -0.395 e. The second-order valence-electron chi connectivity index (χ2n) is 5.52. The Bertz CT molecular complexity index is 185. The van der Waals surface area contributed by atoms with Gasteiger partial charge in [0.15, 0.2) is 0 Å². The number of aliphatic hydroxyl groups excluding tert-OH is 1. The highest BCUT2D eigenvalue weighted by molar-refractivity contribution is 4.74. The van der Waals surface area contributed by atoms with E-state index in [-0.39, 0.29) is 0 Å². The van der Waals surface area contributed by atoms with E-state index in [0.29, 0.717) is 12.6 Å². The van der Waals surface area contributed by atoms with Crippen LogP contribution < -0.4 is 0 Å². The standard InChI is InChI=1S/C14H29NO2/c1-13(2)7-10-17-11-9-15-8-5-3-4-6-14(15)12-16/h13-14,16H,3-12H2,1-2H3. The van der Waals surface area contributed by atoms with E-state index in [1.165, 1.54) is 19.3 Å². The largest absolute Gasteiger partial charge is 0.395 e. The molecule has 1 saturated heterocycles. The maximum absolute atomic E-state index is 9.38. The Labute approximate surface area is 106 Å². The summed E-state index contributed by atoms with van der Waals surface area (Å²) in [6.45, 7) is 8.52. The van der Waals surface area contributed by atoms with E-state index in [1.54, 1.807) is 0 Å². The zero-order chi connectivity index (χ0) is 12.5. The first-order valence-corrected chi connectivity index (χ1v) is 7.16. The van der Waals surface area contributed by atoms with E-state index in [2.05, 4.69) is 18.7 Å². The Morgan fingerprint density at radius 2 is 2.06 bits per heavy atom. The van der Waals surface area contributed by atoms with Gasteiger partial charge in [-0.1, -0.05) is 26.7 Å². The first-order valence-electron chi connectivity index (χ1n) is 7.16. The highest BCUT2D eigenvalue weighted by Gasteiger charge is 2.19. The molecular formula is C14H29NO2. The van der Waals surface area contributed by atoms with Crippen LogP contribution in [0, 0.1) is 5.92 Å². The zero-order valence-corrected chi connectivity index (χ0v) is 11.5. The van der Waals surface area contributed by atoms with Gasteiger partial charge in [-0.3, -0.25) is 4.90 Å². The van der Waals surface area contributed by atoms with Gasteiger partial charge >= 0.3 is 0 Å². The average Bonchev–Trinajstić information content (AvgIpc) is 2.53. The van der Waals surface area contributed by atoms with E-state index in [0.717, 1.165) is 45.1 Å². The summed E-state index contributed by atoms with van der Waals surface area (Å²) >= 11 is 0. The van der Waals surface area contributed by atoms with Crippen molar-refractivity contribution in [3.8, 4) is 0 Å². The predicted molar refractivity (Wildman–Crippen MR) is 71.2 cm³/mol. The van der Waals surface area contributed by atoms with Gasteiger partial charge in [0.25, 0.3) is 0 Å². The predicted octanol–water partition coefficient (Wildman–Crippen LogP) is 2.29. The molecule has 17 heavy (non-hydrogen) atoms. The van der Waals surface area contributed by atoms with Crippen LogP contribution in [0.5, 0.6) is 0 Å². The Hall–Kier alpha value is -0.120. The molecule has 1 atom stereocenters. The molecule has 1 N–H and O–H groups in total. The summed E-state index contributed by atoms with van der Waals surface area (Å²) in [5, 5.41) is 9.38. The van der Waals surface area contributed by atoms with E-state index in [1.807, 2.05) is 0 Å². The van der Waals surface area contributed by atoms with Crippen LogP contribution in [-0.4, -0.2) is 49.0 Å². The molecular weight excluding hydrogens is 214 g/mol. The molecule has 1 aliphatic heterocycles. The van der Waals surface area contributed by atoms with Crippen LogP contribution >= 0.6 is 0 Å². The minimum atomic E-state index is 0.298. The molecule has 1 heterocycles. The molecule has 0 spiro atoms. The number of likely N-dealkylation sites (tertiary alicyclic amines) is 1. The Morgan fingerprint density at radius 1 is 1.24 bits per heavy atom. The lowest BCUT2D eigenvalue weighted by Gasteiger charge is -2.28. The molecule has 102 valence electrons. The molecule has 1 aliphatic rings. The molecule has 0 aromatic carbocycles. The van der Waals surface area contributed by atoms with Gasteiger partial charge in [0.2, 0.25) is 0 Å². The molecule has 3 nitrogen and oxygen atoms in total. The Kier molecular flexibility index (Phi) is 7.82. The number of aliphatic hydroxyl groups is 1. The molecule has 0 bridgehead atoms. The lowest BCUT2D eigenvalue weighted by molar-refractivity contribution is 0.0646. The third-order valence-electron chi connectivity index (χ3n) is 3.57. The van der Waals surface area contributed by atoms with Crippen molar-refractivity contribution in [2.45, 2.75) is 52.0 Å². The summed E-state index contributed by atoms with van der Waals surface area (Å²) < 4.78 is 5.66. The number of rotatable bonds is 7. The van der Waals surface area contributed by atoms with Crippen LogP contribution in [-0.2, 0) is 4.74 Å².